The molecule has 1 amide bonds. The molecule has 1 atom stereocenters. The number of carbonyl (C=O) groups excluding carboxylic acids is 1. The summed E-state index contributed by atoms with van der Waals surface area (Å²) in [6.45, 7) is 3.40. The number of benzene rings is 1. The van der Waals surface area contributed by atoms with E-state index in [1.165, 1.54) is 0 Å². The third-order valence-electron chi connectivity index (χ3n) is 2.67. The zero-order valence-corrected chi connectivity index (χ0v) is 10.1. The summed E-state index contributed by atoms with van der Waals surface area (Å²) in [5.41, 5.74) is 6.75. The molecule has 94 valence electrons. The third-order valence-corrected chi connectivity index (χ3v) is 2.67. The first kappa shape index (κ1) is 13.7. The van der Waals surface area contributed by atoms with Crippen molar-refractivity contribution in [2.75, 3.05) is 6.54 Å². The molecule has 17 heavy (non-hydrogen) atoms. The van der Waals surface area contributed by atoms with Crippen molar-refractivity contribution in [3.8, 4) is 0 Å². The van der Waals surface area contributed by atoms with Gasteiger partial charge in [0.1, 0.15) is 0 Å². The van der Waals surface area contributed by atoms with Gasteiger partial charge in [0.25, 0.3) is 0 Å². The van der Waals surface area contributed by atoms with Gasteiger partial charge in [-0.3, -0.25) is 4.79 Å². The van der Waals surface area contributed by atoms with E-state index in [0.29, 0.717) is 12.1 Å². The van der Waals surface area contributed by atoms with Gasteiger partial charge in [-0.2, -0.15) is 0 Å². The maximum atomic E-state index is 11.0. The highest BCUT2D eigenvalue weighted by Crippen LogP contribution is 2.04. The molecule has 0 spiro atoms. The van der Waals surface area contributed by atoms with E-state index in [1.807, 2.05) is 19.1 Å². The lowest BCUT2D eigenvalue weighted by atomic mass is 10.1. The molecule has 0 radical (unpaired) electrons. The monoisotopic (exact) mass is 236 g/mol. The molecule has 4 nitrogen and oxygen atoms in total. The quantitative estimate of drug-likeness (QED) is 0.619. The summed E-state index contributed by atoms with van der Waals surface area (Å²) in [7, 11) is 0. The Morgan fingerprint density at radius 2 is 2.29 bits per heavy atom. The van der Waals surface area contributed by atoms with Gasteiger partial charge in [-0.1, -0.05) is 19.1 Å². The van der Waals surface area contributed by atoms with E-state index in [4.69, 9.17) is 5.73 Å². The third kappa shape index (κ3) is 4.97. The van der Waals surface area contributed by atoms with Crippen LogP contribution in [0.2, 0.25) is 0 Å². The summed E-state index contributed by atoms with van der Waals surface area (Å²) in [5.74, 6) is -0.409. The van der Waals surface area contributed by atoms with Crippen molar-refractivity contribution in [3.63, 3.8) is 0 Å². The lowest BCUT2D eigenvalue weighted by Gasteiger charge is -2.09. The van der Waals surface area contributed by atoms with Gasteiger partial charge in [0, 0.05) is 12.1 Å². The van der Waals surface area contributed by atoms with E-state index >= 15 is 0 Å². The highest BCUT2D eigenvalue weighted by molar-refractivity contribution is 5.92. The van der Waals surface area contributed by atoms with E-state index < -0.39 is 5.91 Å². The number of primary amides is 1. The Bertz CT molecular complexity index is 366. The van der Waals surface area contributed by atoms with Crippen LogP contribution < -0.4 is 11.1 Å². The van der Waals surface area contributed by atoms with Gasteiger partial charge in [-0.15, -0.1) is 0 Å². The summed E-state index contributed by atoms with van der Waals surface area (Å²) in [6.07, 6.45) is 1.28. The molecule has 0 aliphatic heterocycles. The van der Waals surface area contributed by atoms with Gasteiger partial charge in [0.15, 0.2) is 0 Å². The zero-order chi connectivity index (χ0) is 12.7. The number of carbonyl (C=O) groups is 1. The fourth-order valence-electron chi connectivity index (χ4n) is 1.54. The van der Waals surface area contributed by atoms with Crippen LogP contribution in [0.3, 0.4) is 0 Å². The summed E-state index contributed by atoms with van der Waals surface area (Å²) in [6, 6.07) is 7.24. The van der Waals surface area contributed by atoms with Gasteiger partial charge in [0.2, 0.25) is 5.91 Å². The fourth-order valence-corrected chi connectivity index (χ4v) is 1.54. The first-order valence-corrected chi connectivity index (χ1v) is 5.91. The van der Waals surface area contributed by atoms with E-state index in [9.17, 15) is 9.90 Å². The molecule has 4 N–H and O–H groups in total. The molecule has 0 fully saturated rings. The Labute approximate surface area is 102 Å². The van der Waals surface area contributed by atoms with Gasteiger partial charge in [-0.25, -0.2) is 0 Å². The topological polar surface area (TPSA) is 75.3 Å². The summed E-state index contributed by atoms with van der Waals surface area (Å²) in [5, 5.41) is 12.6. The Morgan fingerprint density at radius 3 is 2.94 bits per heavy atom. The predicted molar refractivity (Wildman–Crippen MR) is 67.6 cm³/mol. The van der Waals surface area contributed by atoms with Gasteiger partial charge in [-0.05, 0) is 37.1 Å². The lowest BCUT2D eigenvalue weighted by Crippen LogP contribution is -2.20. The van der Waals surface area contributed by atoms with Crippen molar-refractivity contribution in [1.82, 2.24) is 5.32 Å². The molecule has 0 aromatic heterocycles. The maximum absolute atomic E-state index is 11.0. The van der Waals surface area contributed by atoms with E-state index in [-0.39, 0.29) is 6.10 Å². The molecule has 0 aliphatic carbocycles. The molecule has 0 heterocycles. The largest absolute Gasteiger partial charge is 0.393 e. The molecule has 1 aromatic rings. The van der Waals surface area contributed by atoms with Crippen LogP contribution >= 0.6 is 0 Å². The molecule has 0 bridgehead atoms. The summed E-state index contributed by atoms with van der Waals surface area (Å²) in [4.78, 5) is 11.0. The number of rotatable bonds is 7. The lowest BCUT2D eigenvalue weighted by molar-refractivity contribution is 0.1000. The highest BCUT2D eigenvalue weighted by atomic mass is 16.3. The Hall–Kier alpha value is -1.39. The second-order valence-electron chi connectivity index (χ2n) is 4.09. The molecule has 1 unspecified atom stereocenters. The van der Waals surface area contributed by atoms with Crippen molar-refractivity contribution in [2.45, 2.75) is 32.4 Å². The SMILES string of the molecule is CCC(O)CCNCc1cccc(C(N)=O)c1. The fraction of sp³-hybridized carbons (Fsp3) is 0.462. The van der Waals surface area contributed by atoms with E-state index in [0.717, 1.165) is 24.9 Å². The number of aliphatic hydroxyl groups is 1. The van der Waals surface area contributed by atoms with Crippen LogP contribution in [0, 0.1) is 0 Å². The smallest absolute Gasteiger partial charge is 0.248 e. The van der Waals surface area contributed by atoms with Crippen molar-refractivity contribution in [2.24, 2.45) is 5.73 Å². The number of amides is 1. The minimum absolute atomic E-state index is 0.237. The summed E-state index contributed by atoms with van der Waals surface area (Å²) >= 11 is 0. The van der Waals surface area contributed by atoms with Crippen LogP contribution in [0.1, 0.15) is 35.7 Å². The number of hydrogen-bond donors (Lipinski definition) is 3. The minimum atomic E-state index is -0.409. The van der Waals surface area contributed by atoms with Crippen molar-refractivity contribution < 1.29 is 9.90 Å². The average Bonchev–Trinajstić information content (AvgIpc) is 2.34. The van der Waals surface area contributed by atoms with Crippen LogP contribution in [0.25, 0.3) is 0 Å². The Kier molecular flexibility index (Phi) is 5.66. The number of aliphatic hydroxyl groups excluding tert-OH is 1. The van der Waals surface area contributed by atoms with Crippen molar-refractivity contribution in [1.29, 1.82) is 0 Å². The van der Waals surface area contributed by atoms with Crippen molar-refractivity contribution in [3.05, 3.63) is 35.4 Å². The van der Waals surface area contributed by atoms with Crippen LogP contribution in [0.15, 0.2) is 24.3 Å². The Balaban J connectivity index is 2.36. The number of nitrogens with one attached hydrogen (secondary N) is 1. The van der Waals surface area contributed by atoms with E-state index in [2.05, 4.69) is 5.32 Å². The summed E-state index contributed by atoms with van der Waals surface area (Å²) < 4.78 is 0. The normalized spacial score (nSPS) is 12.4. The molecule has 1 rings (SSSR count). The zero-order valence-electron chi connectivity index (χ0n) is 10.1. The highest BCUT2D eigenvalue weighted by Gasteiger charge is 2.02. The van der Waals surface area contributed by atoms with Gasteiger partial charge >= 0.3 is 0 Å². The number of nitrogens with two attached hydrogens (primary N) is 1. The molecular weight excluding hydrogens is 216 g/mol. The van der Waals surface area contributed by atoms with Crippen LogP contribution in [-0.2, 0) is 6.54 Å². The van der Waals surface area contributed by atoms with Crippen LogP contribution in [-0.4, -0.2) is 23.7 Å². The molecular formula is C13H20N2O2. The maximum Gasteiger partial charge on any atom is 0.248 e. The second kappa shape index (κ2) is 7.04. The standard InChI is InChI=1S/C13H20N2O2/c1-2-12(16)6-7-15-9-10-4-3-5-11(8-10)13(14)17/h3-5,8,12,15-16H,2,6-7,9H2,1H3,(H2,14,17). The molecule has 1 aromatic carbocycles. The number of hydrogen-bond acceptors (Lipinski definition) is 3. The molecule has 0 aliphatic rings. The van der Waals surface area contributed by atoms with Crippen LogP contribution in [0.4, 0.5) is 0 Å². The molecule has 0 saturated heterocycles. The predicted octanol–water partition coefficient (Wildman–Crippen LogP) is 1.04. The van der Waals surface area contributed by atoms with E-state index in [1.54, 1.807) is 12.1 Å². The van der Waals surface area contributed by atoms with Crippen molar-refractivity contribution >= 4 is 5.91 Å². The molecule has 4 heteroatoms. The second-order valence-corrected chi connectivity index (χ2v) is 4.09. The van der Waals surface area contributed by atoms with Gasteiger partial charge < -0.3 is 16.2 Å². The van der Waals surface area contributed by atoms with Crippen LogP contribution in [0.5, 0.6) is 0 Å². The molecule has 0 saturated carbocycles. The average molecular weight is 236 g/mol. The first-order chi connectivity index (χ1) is 8.13. The Morgan fingerprint density at radius 1 is 1.53 bits per heavy atom. The van der Waals surface area contributed by atoms with Gasteiger partial charge in [0.05, 0.1) is 6.10 Å². The first-order valence-electron chi connectivity index (χ1n) is 5.91. The minimum Gasteiger partial charge on any atom is -0.393 e.